The van der Waals surface area contributed by atoms with Crippen molar-refractivity contribution in [2.24, 2.45) is 0 Å². The van der Waals surface area contributed by atoms with E-state index in [1.54, 1.807) is 7.11 Å². The van der Waals surface area contributed by atoms with E-state index in [0.29, 0.717) is 0 Å². The van der Waals surface area contributed by atoms with Crippen LogP contribution in [0.2, 0.25) is 0 Å². The van der Waals surface area contributed by atoms with Gasteiger partial charge in [-0.3, -0.25) is 9.97 Å². The molecule has 2 aromatic heterocycles. The molecule has 0 saturated carbocycles. The maximum atomic E-state index is 5.13. The molecule has 0 radical (unpaired) electrons. The van der Waals surface area contributed by atoms with E-state index in [1.165, 1.54) is 26.5 Å². The highest BCUT2D eigenvalue weighted by Gasteiger charge is 1.97. The minimum Gasteiger partial charge on any atom is -0.497 e. The molecule has 0 N–H and O–H groups in total. The number of hydrogen-bond donors (Lipinski definition) is 0. The maximum absolute atomic E-state index is 5.13. The molecule has 0 bridgehead atoms. The van der Waals surface area contributed by atoms with Crippen LogP contribution < -0.4 is 4.74 Å². The Bertz CT molecular complexity index is 1040. The normalized spacial score (nSPS) is 10.2. The van der Waals surface area contributed by atoms with Crippen LogP contribution in [0.1, 0.15) is 16.7 Å². The molecule has 0 saturated heterocycles. The minimum absolute atomic E-state index is 0.906. The summed E-state index contributed by atoms with van der Waals surface area (Å²) in [6.45, 7) is 2.12. The number of ether oxygens (including phenoxy) is 1. The first-order valence-corrected chi connectivity index (χ1v) is 12.9. The van der Waals surface area contributed by atoms with Crippen molar-refractivity contribution in [1.29, 1.82) is 0 Å². The summed E-state index contributed by atoms with van der Waals surface area (Å²) < 4.78 is 5.13. The van der Waals surface area contributed by atoms with Gasteiger partial charge in [0.2, 0.25) is 0 Å². The quantitative estimate of drug-likeness (QED) is 0.241. The van der Waals surface area contributed by atoms with Crippen molar-refractivity contribution in [3.8, 4) is 5.75 Å². The predicted molar refractivity (Wildman–Crippen MR) is 142 cm³/mol. The van der Waals surface area contributed by atoms with Crippen LogP contribution in [0.4, 0.5) is 0 Å². The molecule has 0 aliphatic carbocycles. The van der Waals surface area contributed by atoms with E-state index >= 15 is 0 Å². The van der Waals surface area contributed by atoms with Gasteiger partial charge in [-0.25, -0.2) is 0 Å². The lowest BCUT2D eigenvalue weighted by molar-refractivity contribution is 0.414. The van der Waals surface area contributed by atoms with E-state index in [0.717, 1.165) is 30.1 Å². The second-order valence-electron chi connectivity index (χ2n) is 7.40. The van der Waals surface area contributed by atoms with E-state index in [1.807, 2.05) is 60.4 Å². The number of thioether (sulfide) groups is 2. The molecule has 3 nitrogen and oxygen atoms in total. The topological polar surface area (TPSA) is 35.0 Å². The Balaban J connectivity index is 0.000000186. The fraction of sp³-hybridized carbons (Fsp3) is 0.214. The largest absolute Gasteiger partial charge is 0.497 e. The fourth-order valence-corrected chi connectivity index (χ4v) is 4.78. The van der Waals surface area contributed by atoms with Crippen molar-refractivity contribution in [2.45, 2.75) is 29.6 Å². The summed E-state index contributed by atoms with van der Waals surface area (Å²) in [5, 5.41) is 0. The molecule has 4 aromatic rings. The van der Waals surface area contributed by atoms with Crippen LogP contribution in [-0.4, -0.2) is 28.6 Å². The van der Waals surface area contributed by atoms with Crippen LogP contribution in [0.15, 0.2) is 107 Å². The first kappa shape index (κ1) is 24.9. The number of pyridine rings is 2. The summed E-state index contributed by atoms with van der Waals surface area (Å²) in [6.07, 6.45) is 9.55. The zero-order valence-corrected chi connectivity index (χ0v) is 20.8. The van der Waals surface area contributed by atoms with Crippen LogP contribution in [0.3, 0.4) is 0 Å². The van der Waals surface area contributed by atoms with Gasteiger partial charge < -0.3 is 4.74 Å². The summed E-state index contributed by atoms with van der Waals surface area (Å²) in [5.41, 5.74) is 4.01. The van der Waals surface area contributed by atoms with Gasteiger partial charge in [-0.05, 0) is 91.6 Å². The molecule has 0 spiro atoms. The number of nitrogens with zero attached hydrogens (tertiary/aromatic N) is 2. The number of aromatic nitrogens is 2. The van der Waals surface area contributed by atoms with Gasteiger partial charge in [-0.1, -0.05) is 17.7 Å². The molecule has 5 heteroatoms. The Kier molecular flexibility index (Phi) is 10.9. The van der Waals surface area contributed by atoms with Gasteiger partial charge in [0, 0.05) is 46.1 Å². The van der Waals surface area contributed by atoms with Crippen molar-refractivity contribution in [1.82, 2.24) is 9.97 Å². The third-order valence-corrected chi connectivity index (χ3v) is 6.93. The lowest BCUT2D eigenvalue weighted by Gasteiger charge is -2.03. The van der Waals surface area contributed by atoms with Crippen molar-refractivity contribution < 1.29 is 4.74 Å². The Hall–Kier alpha value is -2.76. The first-order valence-electron chi connectivity index (χ1n) is 11.0. The molecule has 0 atom stereocenters. The molecule has 0 fully saturated rings. The highest BCUT2D eigenvalue weighted by Crippen LogP contribution is 2.22. The molecule has 2 heterocycles. The number of rotatable bonds is 9. The molecule has 33 heavy (non-hydrogen) atoms. The molecule has 0 unspecified atom stereocenters. The van der Waals surface area contributed by atoms with Gasteiger partial charge in [0.05, 0.1) is 7.11 Å². The van der Waals surface area contributed by atoms with Crippen LogP contribution >= 0.6 is 23.5 Å². The monoisotopic (exact) mass is 474 g/mol. The highest BCUT2D eigenvalue weighted by molar-refractivity contribution is 7.99. The Labute approximate surface area is 206 Å². The highest BCUT2D eigenvalue weighted by atomic mass is 32.2. The van der Waals surface area contributed by atoms with Crippen LogP contribution in [0.5, 0.6) is 5.75 Å². The van der Waals surface area contributed by atoms with Crippen LogP contribution in [0, 0.1) is 6.92 Å². The number of methoxy groups -OCH3 is 1. The second kappa shape index (κ2) is 14.4. The second-order valence-corrected chi connectivity index (χ2v) is 9.73. The van der Waals surface area contributed by atoms with Gasteiger partial charge in [0.25, 0.3) is 0 Å². The lowest BCUT2D eigenvalue weighted by atomic mass is 10.2. The summed E-state index contributed by atoms with van der Waals surface area (Å²) in [4.78, 5) is 10.6. The Morgan fingerprint density at radius 1 is 0.606 bits per heavy atom. The molecule has 0 amide bonds. The van der Waals surface area contributed by atoms with Crippen LogP contribution in [0.25, 0.3) is 0 Å². The van der Waals surface area contributed by atoms with Gasteiger partial charge >= 0.3 is 0 Å². The average molecular weight is 475 g/mol. The summed E-state index contributed by atoms with van der Waals surface area (Å²) in [7, 11) is 1.69. The molecule has 2 aromatic carbocycles. The predicted octanol–water partition coefficient (Wildman–Crippen LogP) is 7.15. The zero-order chi connectivity index (χ0) is 23.1. The van der Waals surface area contributed by atoms with Gasteiger partial charge in [0.1, 0.15) is 5.75 Å². The van der Waals surface area contributed by atoms with E-state index in [9.17, 15) is 0 Å². The summed E-state index contributed by atoms with van der Waals surface area (Å²) in [6, 6.07) is 25.2. The number of hydrogen-bond acceptors (Lipinski definition) is 5. The third-order valence-electron chi connectivity index (χ3n) is 4.90. The molecule has 0 aliphatic heterocycles. The molecule has 4 rings (SSSR count). The SMILES string of the molecule is COc1ccc(SCCc2ccncc2)cc1.Cc1ccc(SCCc2ccncc2)cc1. The molecular formula is C28H30N2OS2. The van der Waals surface area contributed by atoms with Crippen molar-refractivity contribution in [2.75, 3.05) is 18.6 Å². The van der Waals surface area contributed by atoms with Gasteiger partial charge in [0.15, 0.2) is 0 Å². The summed E-state index contributed by atoms with van der Waals surface area (Å²) in [5.74, 6) is 3.10. The van der Waals surface area contributed by atoms with Gasteiger partial charge in [-0.2, -0.15) is 0 Å². The zero-order valence-electron chi connectivity index (χ0n) is 19.2. The number of benzene rings is 2. The van der Waals surface area contributed by atoms with E-state index in [4.69, 9.17) is 4.74 Å². The Morgan fingerprint density at radius 2 is 1.03 bits per heavy atom. The summed E-state index contributed by atoms with van der Waals surface area (Å²) >= 11 is 3.76. The van der Waals surface area contributed by atoms with Crippen molar-refractivity contribution >= 4 is 23.5 Å². The molecule has 170 valence electrons. The minimum atomic E-state index is 0.906. The number of aryl methyl sites for hydroxylation is 3. The van der Waals surface area contributed by atoms with E-state index in [-0.39, 0.29) is 0 Å². The third kappa shape index (κ3) is 9.72. The fourth-order valence-electron chi connectivity index (χ4n) is 2.98. The van der Waals surface area contributed by atoms with Crippen LogP contribution in [-0.2, 0) is 12.8 Å². The first-order chi connectivity index (χ1) is 16.2. The molecular weight excluding hydrogens is 444 g/mol. The van der Waals surface area contributed by atoms with E-state index in [2.05, 4.69) is 77.6 Å². The molecule has 0 aliphatic rings. The Morgan fingerprint density at radius 3 is 1.45 bits per heavy atom. The smallest absolute Gasteiger partial charge is 0.118 e. The maximum Gasteiger partial charge on any atom is 0.118 e. The van der Waals surface area contributed by atoms with Gasteiger partial charge in [-0.15, -0.1) is 23.5 Å². The van der Waals surface area contributed by atoms with E-state index < -0.39 is 0 Å². The standard InChI is InChI=1S/C14H15NOS.C14H15NS/c1-16-13-2-4-14(5-3-13)17-11-8-12-6-9-15-10-7-12;1-12-2-4-14(5-3-12)16-11-8-13-6-9-15-10-7-13/h2-7,9-10H,8,11H2,1H3;2-7,9-10H,8,11H2,1H3. The lowest BCUT2D eigenvalue weighted by Crippen LogP contribution is -1.88. The van der Waals surface area contributed by atoms with Crippen molar-refractivity contribution in [3.05, 3.63) is 114 Å². The van der Waals surface area contributed by atoms with Crippen molar-refractivity contribution in [3.63, 3.8) is 0 Å². The average Bonchev–Trinajstić information content (AvgIpc) is 2.87.